The van der Waals surface area contributed by atoms with Gasteiger partial charge in [-0.1, -0.05) is 0 Å². The van der Waals surface area contributed by atoms with Crippen molar-refractivity contribution in [2.45, 2.75) is 6.04 Å². The second kappa shape index (κ2) is 4.97. The lowest BCUT2D eigenvalue weighted by molar-refractivity contribution is -0.156. The lowest BCUT2D eigenvalue weighted by atomic mass is 10.4. The maximum absolute atomic E-state index is 11.1. The first-order valence-corrected chi connectivity index (χ1v) is 4.58. The van der Waals surface area contributed by atoms with Crippen molar-refractivity contribution in [2.24, 2.45) is 10.7 Å². The second-order valence-corrected chi connectivity index (χ2v) is 2.90. The normalized spacial score (nSPS) is 16.9. The molecule has 0 aromatic carbocycles. The highest BCUT2D eigenvalue weighted by Crippen LogP contribution is 1.98. The molecule has 0 radical (unpaired) electrons. The van der Waals surface area contributed by atoms with Crippen molar-refractivity contribution in [1.82, 2.24) is 0 Å². The third kappa shape index (κ3) is 2.71. The average Bonchev–Trinajstić information content (AvgIpc) is 2.69. The molecule has 0 unspecified atom stereocenters. The van der Waals surface area contributed by atoms with Gasteiger partial charge in [0, 0.05) is 5.75 Å². The molecule has 14 heavy (non-hydrogen) atoms. The summed E-state index contributed by atoms with van der Waals surface area (Å²) in [4.78, 5) is 25.8. The van der Waals surface area contributed by atoms with Crippen molar-refractivity contribution >= 4 is 30.5 Å². The minimum atomic E-state index is -0.913. The molecule has 0 aliphatic carbocycles. The fourth-order valence-corrected chi connectivity index (χ4v) is 0.893. The molecule has 2 N–H and O–H groups in total. The second-order valence-electron chi connectivity index (χ2n) is 2.53. The van der Waals surface area contributed by atoms with Gasteiger partial charge in [-0.05, 0) is 0 Å². The van der Waals surface area contributed by atoms with Crippen LogP contribution in [-0.2, 0) is 19.1 Å². The number of thiol groups is 1. The average molecular weight is 218 g/mol. The van der Waals surface area contributed by atoms with Gasteiger partial charge in [0.1, 0.15) is 12.6 Å². The van der Waals surface area contributed by atoms with Crippen molar-refractivity contribution in [1.29, 1.82) is 0 Å². The quantitative estimate of drug-likeness (QED) is 0.350. The molecule has 0 aromatic rings. The van der Waals surface area contributed by atoms with E-state index in [4.69, 9.17) is 10.5 Å². The van der Waals surface area contributed by atoms with Gasteiger partial charge in [-0.2, -0.15) is 12.6 Å². The van der Waals surface area contributed by atoms with Gasteiger partial charge in [-0.15, -0.1) is 0 Å². The molecule has 0 aromatic heterocycles. The smallest absolute Gasteiger partial charge is 0.401 e. The molecule has 0 amide bonds. The highest BCUT2D eigenvalue weighted by atomic mass is 32.1. The predicted octanol–water partition coefficient (Wildman–Crippen LogP) is -1.26. The maximum atomic E-state index is 11.1. The van der Waals surface area contributed by atoms with E-state index in [9.17, 15) is 9.59 Å². The summed E-state index contributed by atoms with van der Waals surface area (Å²) in [6, 6.07) is -0.913. The molecule has 0 bridgehead atoms. The highest BCUT2D eigenvalue weighted by molar-refractivity contribution is 7.80. The summed E-state index contributed by atoms with van der Waals surface area (Å²) in [7, 11) is 0. The number of nitrogens with zero attached hydrogens (tertiary/aromatic N) is 1. The van der Waals surface area contributed by atoms with Crippen LogP contribution in [0.25, 0.3) is 0 Å². The molecular formula is C7H10N2O4S. The van der Waals surface area contributed by atoms with E-state index in [1.54, 1.807) is 0 Å². The summed E-state index contributed by atoms with van der Waals surface area (Å²) >= 11 is 3.79. The number of aliphatic imine (C=N–C) groups is 1. The van der Waals surface area contributed by atoms with Gasteiger partial charge < -0.3 is 15.2 Å². The maximum Gasteiger partial charge on any atom is 0.401 e. The Morgan fingerprint density at radius 2 is 2.43 bits per heavy atom. The summed E-state index contributed by atoms with van der Waals surface area (Å²) in [6.07, 6.45) is 0. The first kappa shape index (κ1) is 11.0. The van der Waals surface area contributed by atoms with Crippen LogP contribution in [0.5, 0.6) is 0 Å². The first-order valence-electron chi connectivity index (χ1n) is 3.95. The van der Waals surface area contributed by atoms with Crippen LogP contribution in [0.3, 0.4) is 0 Å². The fraction of sp³-hybridized carbons (Fsp3) is 0.571. The number of rotatable bonds is 3. The molecule has 0 spiro atoms. The Labute approximate surface area is 85.9 Å². The van der Waals surface area contributed by atoms with E-state index < -0.39 is 18.0 Å². The van der Waals surface area contributed by atoms with Crippen LogP contribution in [0.1, 0.15) is 0 Å². The highest BCUT2D eigenvalue weighted by Gasteiger charge is 2.24. The number of nitrogens with two attached hydrogens (primary N) is 1. The molecule has 6 nitrogen and oxygen atoms in total. The molecule has 1 aliphatic heterocycles. The topological polar surface area (TPSA) is 91.0 Å². The SMILES string of the molecule is N[C@@H](CS)C(=O)OC(=O)C1=NCCO1. The number of esters is 2. The Hall–Kier alpha value is -1.08. The van der Waals surface area contributed by atoms with E-state index in [-0.39, 0.29) is 11.7 Å². The molecule has 1 aliphatic rings. The largest absolute Gasteiger partial charge is 0.471 e. The molecule has 0 fully saturated rings. The van der Waals surface area contributed by atoms with Crippen LogP contribution in [-0.4, -0.2) is 42.8 Å². The number of hydrogen-bond acceptors (Lipinski definition) is 7. The van der Waals surface area contributed by atoms with Crippen molar-refractivity contribution in [3.05, 3.63) is 0 Å². The van der Waals surface area contributed by atoms with Gasteiger partial charge in [0.25, 0.3) is 5.90 Å². The Morgan fingerprint density at radius 3 is 2.93 bits per heavy atom. The van der Waals surface area contributed by atoms with Crippen molar-refractivity contribution in [2.75, 3.05) is 18.9 Å². The summed E-state index contributed by atoms with van der Waals surface area (Å²) in [5.74, 6) is -1.79. The van der Waals surface area contributed by atoms with E-state index in [1.807, 2.05) is 0 Å². The first-order chi connectivity index (χ1) is 6.65. The molecule has 1 heterocycles. The molecule has 0 saturated carbocycles. The summed E-state index contributed by atoms with van der Waals surface area (Å²) in [5, 5.41) is 0. The summed E-state index contributed by atoms with van der Waals surface area (Å²) < 4.78 is 9.17. The van der Waals surface area contributed by atoms with Crippen LogP contribution in [0.2, 0.25) is 0 Å². The van der Waals surface area contributed by atoms with Crippen LogP contribution in [0, 0.1) is 0 Å². The third-order valence-corrected chi connectivity index (χ3v) is 1.85. The van der Waals surface area contributed by atoms with Gasteiger partial charge in [0.2, 0.25) is 0 Å². The summed E-state index contributed by atoms with van der Waals surface area (Å²) in [6.45, 7) is 0.731. The minimum absolute atomic E-state index is 0.111. The minimum Gasteiger partial charge on any atom is -0.471 e. The number of carbonyl (C=O) groups excluding carboxylic acids is 2. The van der Waals surface area contributed by atoms with Crippen LogP contribution < -0.4 is 5.73 Å². The molecule has 78 valence electrons. The zero-order chi connectivity index (χ0) is 10.6. The Balaban J connectivity index is 2.44. The monoisotopic (exact) mass is 218 g/mol. The fourth-order valence-electron chi connectivity index (χ4n) is 0.744. The molecular weight excluding hydrogens is 208 g/mol. The van der Waals surface area contributed by atoms with Gasteiger partial charge in [0.05, 0.1) is 6.54 Å². The Bertz CT molecular complexity index is 279. The molecule has 1 atom stereocenters. The number of carbonyl (C=O) groups is 2. The van der Waals surface area contributed by atoms with Crippen molar-refractivity contribution < 1.29 is 19.1 Å². The van der Waals surface area contributed by atoms with Crippen LogP contribution >= 0.6 is 12.6 Å². The molecule has 1 rings (SSSR count). The zero-order valence-electron chi connectivity index (χ0n) is 7.30. The zero-order valence-corrected chi connectivity index (χ0v) is 8.20. The number of ether oxygens (including phenoxy) is 2. The van der Waals surface area contributed by atoms with E-state index in [0.29, 0.717) is 13.2 Å². The van der Waals surface area contributed by atoms with Crippen molar-refractivity contribution in [3.8, 4) is 0 Å². The van der Waals surface area contributed by atoms with Crippen LogP contribution in [0.4, 0.5) is 0 Å². The standard InChI is InChI=1S/C7H10N2O4S/c8-4(3-14)6(10)13-7(11)5-9-1-2-12-5/h4,14H,1-3,8H2/t4-/m0/s1. The lowest BCUT2D eigenvalue weighted by Gasteiger charge is -2.06. The number of hydrogen-bond donors (Lipinski definition) is 2. The van der Waals surface area contributed by atoms with Crippen LogP contribution in [0.15, 0.2) is 4.99 Å². The lowest BCUT2D eigenvalue weighted by Crippen LogP contribution is -2.36. The Morgan fingerprint density at radius 1 is 1.71 bits per heavy atom. The van der Waals surface area contributed by atoms with E-state index >= 15 is 0 Å². The van der Waals surface area contributed by atoms with Gasteiger partial charge in [0.15, 0.2) is 0 Å². The van der Waals surface area contributed by atoms with Gasteiger partial charge in [-0.3, -0.25) is 0 Å². The van der Waals surface area contributed by atoms with E-state index in [1.165, 1.54) is 0 Å². The summed E-state index contributed by atoms with van der Waals surface area (Å²) in [5.41, 5.74) is 5.28. The van der Waals surface area contributed by atoms with Gasteiger partial charge >= 0.3 is 11.9 Å². The third-order valence-electron chi connectivity index (χ3n) is 1.45. The molecule has 0 saturated heterocycles. The molecule has 7 heteroatoms. The van der Waals surface area contributed by atoms with Crippen molar-refractivity contribution in [3.63, 3.8) is 0 Å². The Kier molecular flexibility index (Phi) is 3.90. The van der Waals surface area contributed by atoms with E-state index in [2.05, 4.69) is 22.4 Å². The predicted molar refractivity (Wildman–Crippen MR) is 51.2 cm³/mol. The van der Waals surface area contributed by atoms with Gasteiger partial charge in [-0.25, -0.2) is 14.6 Å². The van der Waals surface area contributed by atoms with E-state index in [0.717, 1.165) is 0 Å².